The number of nitrogens with one attached hydrogen (secondary N) is 1. The summed E-state index contributed by atoms with van der Waals surface area (Å²) in [7, 11) is 0. The number of anilines is 2. The molecule has 0 aromatic heterocycles. The summed E-state index contributed by atoms with van der Waals surface area (Å²) in [5.41, 5.74) is 1.30. The fourth-order valence-corrected chi connectivity index (χ4v) is 3.43. The zero-order valence-corrected chi connectivity index (χ0v) is 16.6. The summed E-state index contributed by atoms with van der Waals surface area (Å²) in [6.07, 6.45) is 0.223. The molecule has 0 aliphatic carbocycles. The topological polar surface area (TPSA) is 67.9 Å². The minimum Gasteiger partial charge on any atom is -0.484 e. The normalized spacial score (nSPS) is 15.6. The lowest BCUT2D eigenvalue weighted by Crippen LogP contribution is -2.41. The highest BCUT2D eigenvalue weighted by Gasteiger charge is 2.29. The van der Waals surface area contributed by atoms with Gasteiger partial charge in [-0.15, -0.1) is 0 Å². The van der Waals surface area contributed by atoms with Crippen LogP contribution in [0.1, 0.15) is 13.3 Å². The smallest absolute Gasteiger partial charge is 0.265 e. The second-order valence-electron chi connectivity index (χ2n) is 7.06. The Morgan fingerprint density at radius 3 is 2.50 bits per heavy atom. The van der Waals surface area contributed by atoms with Gasteiger partial charge < -0.3 is 19.7 Å². The molecular formula is C24H22N2O4. The Kier molecular flexibility index (Phi) is 5.66. The molecule has 3 aromatic carbocycles. The van der Waals surface area contributed by atoms with Crippen molar-refractivity contribution in [3.63, 3.8) is 0 Å². The number of hydrogen-bond donors (Lipinski definition) is 1. The van der Waals surface area contributed by atoms with E-state index in [9.17, 15) is 9.59 Å². The number of carbonyl (C=O) groups excluding carboxylic acids is 2. The van der Waals surface area contributed by atoms with Crippen molar-refractivity contribution < 1.29 is 19.1 Å². The van der Waals surface area contributed by atoms with Crippen LogP contribution >= 0.6 is 0 Å². The van der Waals surface area contributed by atoms with E-state index >= 15 is 0 Å². The summed E-state index contributed by atoms with van der Waals surface area (Å²) in [6.45, 7) is 1.70. The lowest BCUT2D eigenvalue weighted by atomic mass is 10.1. The molecule has 1 heterocycles. The number of ether oxygens (including phenoxy) is 2. The van der Waals surface area contributed by atoms with E-state index in [1.807, 2.05) is 67.6 Å². The highest BCUT2D eigenvalue weighted by molar-refractivity contribution is 6.04. The summed E-state index contributed by atoms with van der Waals surface area (Å²) < 4.78 is 11.6. The first-order valence-corrected chi connectivity index (χ1v) is 9.77. The summed E-state index contributed by atoms with van der Waals surface area (Å²) in [6, 6.07) is 23.6. The van der Waals surface area contributed by atoms with Crippen LogP contribution in [0.4, 0.5) is 11.4 Å². The van der Waals surface area contributed by atoms with Gasteiger partial charge in [-0.05, 0) is 43.3 Å². The van der Waals surface area contributed by atoms with Gasteiger partial charge in [-0.25, -0.2) is 0 Å². The molecule has 6 nitrogen and oxygen atoms in total. The van der Waals surface area contributed by atoms with Gasteiger partial charge in [-0.3, -0.25) is 9.59 Å². The molecule has 1 atom stereocenters. The molecule has 0 fully saturated rings. The molecule has 1 N–H and O–H groups in total. The van der Waals surface area contributed by atoms with Gasteiger partial charge in [0.15, 0.2) is 6.61 Å². The summed E-state index contributed by atoms with van der Waals surface area (Å²) in [5, 5.41) is 2.85. The minimum absolute atomic E-state index is 0.114. The third-order valence-corrected chi connectivity index (χ3v) is 4.77. The van der Waals surface area contributed by atoms with Crippen molar-refractivity contribution in [3.05, 3.63) is 78.9 Å². The molecule has 2 amide bonds. The molecule has 152 valence electrons. The number of nitrogens with zero attached hydrogens (tertiary/aromatic N) is 1. The predicted octanol–water partition coefficient (Wildman–Crippen LogP) is 4.62. The maximum Gasteiger partial charge on any atom is 0.265 e. The number of rotatable bonds is 5. The van der Waals surface area contributed by atoms with Crippen LogP contribution in [-0.4, -0.2) is 24.5 Å². The molecule has 0 saturated carbocycles. The monoisotopic (exact) mass is 402 g/mol. The average molecular weight is 402 g/mol. The lowest BCUT2D eigenvalue weighted by molar-refractivity contribution is -0.121. The molecule has 3 aromatic rings. The molecule has 0 spiro atoms. The van der Waals surface area contributed by atoms with Crippen LogP contribution in [0.15, 0.2) is 78.9 Å². The van der Waals surface area contributed by atoms with Crippen molar-refractivity contribution in [3.8, 4) is 17.2 Å². The molecule has 30 heavy (non-hydrogen) atoms. The Labute approximate surface area is 175 Å². The van der Waals surface area contributed by atoms with Crippen molar-refractivity contribution in [1.82, 2.24) is 0 Å². The molecule has 6 heteroatoms. The number of fused-ring (bicyclic) bond motifs is 1. The zero-order valence-electron chi connectivity index (χ0n) is 16.6. The molecule has 1 aliphatic rings. The van der Waals surface area contributed by atoms with Gasteiger partial charge in [0.25, 0.3) is 5.91 Å². The molecule has 1 aliphatic heterocycles. The SMILES string of the molecule is C[C@H]1CC(=O)Nc2ccccc2N1C(=O)COc1cccc(Oc2ccccc2)c1. The van der Waals surface area contributed by atoms with Crippen molar-refractivity contribution in [2.45, 2.75) is 19.4 Å². The predicted molar refractivity (Wildman–Crippen MR) is 115 cm³/mol. The first kappa shape index (κ1) is 19.5. The van der Waals surface area contributed by atoms with Crippen LogP contribution in [-0.2, 0) is 9.59 Å². The lowest BCUT2D eigenvalue weighted by Gasteiger charge is -2.27. The van der Waals surface area contributed by atoms with Crippen molar-refractivity contribution in [1.29, 1.82) is 0 Å². The maximum absolute atomic E-state index is 13.0. The Bertz CT molecular complexity index is 1050. The number of amides is 2. The van der Waals surface area contributed by atoms with E-state index in [1.54, 1.807) is 23.1 Å². The van der Waals surface area contributed by atoms with Crippen LogP contribution in [0.25, 0.3) is 0 Å². The van der Waals surface area contributed by atoms with Gasteiger partial charge in [0, 0.05) is 18.5 Å². The van der Waals surface area contributed by atoms with Crippen LogP contribution < -0.4 is 19.7 Å². The van der Waals surface area contributed by atoms with Gasteiger partial charge in [0.2, 0.25) is 5.91 Å². The van der Waals surface area contributed by atoms with Gasteiger partial charge in [0.1, 0.15) is 17.2 Å². The fourth-order valence-electron chi connectivity index (χ4n) is 3.43. The van der Waals surface area contributed by atoms with Gasteiger partial charge in [-0.1, -0.05) is 36.4 Å². The third kappa shape index (κ3) is 4.43. The second kappa shape index (κ2) is 8.69. The van der Waals surface area contributed by atoms with E-state index in [1.165, 1.54) is 0 Å². The van der Waals surface area contributed by atoms with E-state index < -0.39 is 0 Å². The van der Waals surface area contributed by atoms with E-state index in [-0.39, 0.29) is 30.9 Å². The van der Waals surface area contributed by atoms with E-state index in [2.05, 4.69) is 5.32 Å². The van der Waals surface area contributed by atoms with E-state index in [0.29, 0.717) is 22.9 Å². The Morgan fingerprint density at radius 2 is 1.67 bits per heavy atom. The van der Waals surface area contributed by atoms with Crippen LogP contribution in [0.2, 0.25) is 0 Å². The first-order chi connectivity index (χ1) is 14.6. The Hall–Kier alpha value is -3.80. The quantitative estimate of drug-likeness (QED) is 0.676. The molecule has 0 radical (unpaired) electrons. The number of carbonyl (C=O) groups is 2. The third-order valence-electron chi connectivity index (χ3n) is 4.77. The first-order valence-electron chi connectivity index (χ1n) is 9.77. The molecular weight excluding hydrogens is 380 g/mol. The van der Waals surface area contributed by atoms with Gasteiger partial charge >= 0.3 is 0 Å². The number of hydrogen-bond acceptors (Lipinski definition) is 4. The summed E-state index contributed by atoms with van der Waals surface area (Å²) in [5.74, 6) is 1.53. The zero-order chi connectivity index (χ0) is 20.9. The minimum atomic E-state index is -0.280. The summed E-state index contributed by atoms with van der Waals surface area (Å²) in [4.78, 5) is 26.7. The van der Waals surface area contributed by atoms with E-state index in [0.717, 1.165) is 5.75 Å². The maximum atomic E-state index is 13.0. The Balaban J connectivity index is 1.47. The highest BCUT2D eigenvalue weighted by Crippen LogP contribution is 2.31. The molecule has 0 unspecified atom stereocenters. The van der Waals surface area contributed by atoms with Crippen molar-refractivity contribution in [2.24, 2.45) is 0 Å². The van der Waals surface area contributed by atoms with Crippen molar-refractivity contribution >= 4 is 23.2 Å². The van der Waals surface area contributed by atoms with Crippen molar-refractivity contribution in [2.75, 3.05) is 16.8 Å². The fraction of sp³-hybridized carbons (Fsp3) is 0.167. The molecule has 4 rings (SSSR count). The number of benzene rings is 3. The largest absolute Gasteiger partial charge is 0.484 e. The van der Waals surface area contributed by atoms with Gasteiger partial charge in [-0.2, -0.15) is 0 Å². The second-order valence-corrected chi connectivity index (χ2v) is 7.06. The Morgan fingerprint density at radius 1 is 0.967 bits per heavy atom. The molecule has 0 saturated heterocycles. The standard InChI is InChI=1S/C24H22N2O4/c1-17-14-23(27)25-21-12-5-6-13-22(21)26(17)24(28)16-29-19-10-7-11-20(15-19)30-18-8-3-2-4-9-18/h2-13,15,17H,14,16H2,1H3,(H,25,27)/t17-/m0/s1. The van der Waals surface area contributed by atoms with Crippen LogP contribution in [0, 0.1) is 0 Å². The highest BCUT2D eigenvalue weighted by atomic mass is 16.5. The summed E-state index contributed by atoms with van der Waals surface area (Å²) >= 11 is 0. The average Bonchev–Trinajstić information content (AvgIpc) is 2.87. The molecule has 0 bridgehead atoms. The van der Waals surface area contributed by atoms with Crippen LogP contribution in [0.5, 0.6) is 17.2 Å². The van der Waals surface area contributed by atoms with Crippen LogP contribution in [0.3, 0.4) is 0 Å². The van der Waals surface area contributed by atoms with Gasteiger partial charge in [0.05, 0.1) is 11.4 Å². The number of para-hydroxylation sites is 3. The van der Waals surface area contributed by atoms with E-state index in [4.69, 9.17) is 9.47 Å².